The molecular weight excluding hydrogens is 359 g/mol. The summed E-state index contributed by atoms with van der Waals surface area (Å²) in [5.74, 6) is -0.653. The van der Waals surface area contributed by atoms with E-state index in [4.69, 9.17) is 0 Å². The van der Waals surface area contributed by atoms with Crippen molar-refractivity contribution in [2.45, 2.75) is 32.5 Å². The molecule has 1 unspecified atom stereocenters. The van der Waals surface area contributed by atoms with Crippen LogP contribution in [0.1, 0.15) is 18.9 Å². The number of hydrogen-bond donors (Lipinski definition) is 2. The molecule has 0 spiro atoms. The Hall–Kier alpha value is -1.97. The molecule has 0 saturated heterocycles. The quantitative estimate of drug-likeness (QED) is 0.531. The average Bonchev–Trinajstić information content (AvgIpc) is 2.50. The van der Waals surface area contributed by atoms with Crippen LogP contribution in [-0.2, 0) is 16.4 Å². The van der Waals surface area contributed by atoms with Gasteiger partial charge in [0.15, 0.2) is 5.96 Å². The summed E-state index contributed by atoms with van der Waals surface area (Å²) in [4.78, 5) is 3.94. The third kappa shape index (κ3) is 8.10. The number of rotatable bonds is 8. The molecule has 0 aliphatic carbocycles. The molecule has 0 bridgehead atoms. The zero-order chi connectivity index (χ0) is 19.0. The van der Waals surface area contributed by atoms with Crippen LogP contribution in [0.3, 0.4) is 0 Å². The van der Waals surface area contributed by atoms with E-state index in [9.17, 15) is 21.6 Å². The number of halogens is 3. The summed E-state index contributed by atoms with van der Waals surface area (Å²) >= 11 is 0. The topological polar surface area (TPSA) is 79.8 Å². The number of sulfone groups is 1. The van der Waals surface area contributed by atoms with Crippen LogP contribution in [0.5, 0.6) is 5.75 Å². The molecule has 25 heavy (non-hydrogen) atoms. The third-order valence-electron chi connectivity index (χ3n) is 3.25. The van der Waals surface area contributed by atoms with Crippen LogP contribution in [0.25, 0.3) is 0 Å². The number of hydrogen-bond acceptors (Lipinski definition) is 4. The Morgan fingerprint density at radius 2 is 2.04 bits per heavy atom. The summed E-state index contributed by atoms with van der Waals surface area (Å²) in [6.45, 7) is -1.42. The molecular formula is C15H22F3N3O3S. The largest absolute Gasteiger partial charge is 0.434 e. The van der Waals surface area contributed by atoms with Crippen LogP contribution in [0.15, 0.2) is 23.2 Å². The Morgan fingerprint density at radius 1 is 1.36 bits per heavy atom. The molecule has 0 fully saturated rings. The minimum atomic E-state index is -3.08. The molecule has 0 aromatic heterocycles. The molecule has 0 aliphatic heterocycles. The molecule has 0 saturated carbocycles. The number of ether oxygens (including phenoxy) is 1. The van der Waals surface area contributed by atoms with Crippen LogP contribution >= 0.6 is 0 Å². The molecule has 142 valence electrons. The summed E-state index contributed by atoms with van der Waals surface area (Å²) in [5.41, 5.74) is -0.0606. The average molecular weight is 381 g/mol. The molecule has 6 nitrogen and oxygen atoms in total. The predicted molar refractivity (Wildman–Crippen MR) is 90.2 cm³/mol. The molecule has 0 amide bonds. The van der Waals surface area contributed by atoms with Gasteiger partial charge < -0.3 is 15.4 Å². The van der Waals surface area contributed by atoms with Gasteiger partial charge in [-0.2, -0.15) is 8.78 Å². The van der Waals surface area contributed by atoms with E-state index in [0.29, 0.717) is 6.42 Å². The van der Waals surface area contributed by atoms with E-state index >= 15 is 0 Å². The minimum absolute atomic E-state index is 0.0118. The maximum Gasteiger partial charge on any atom is 0.387 e. The summed E-state index contributed by atoms with van der Waals surface area (Å²) < 4.78 is 65.3. The highest BCUT2D eigenvalue weighted by Crippen LogP contribution is 2.23. The van der Waals surface area contributed by atoms with E-state index in [1.165, 1.54) is 19.2 Å². The standard InChI is InChI=1S/C15H22F3N3O3S/c1-10(7-8-25(3,22)23)21-15(19-2)20-9-11-12(16)5-4-6-13(11)24-14(17)18/h4-6,10,14H,7-9H2,1-3H3,(H2,19,20,21). The maximum absolute atomic E-state index is 13.9. The van der Waals surface area contributed by atoms with E-state index in [2.05, 4.69) is 20.4 Å². The van der Waals surface area contributed by atoms with Gasteiger partial charge in [0.1, 0.15) is 21.4 Å². The van der Waals surface area contributed by atoms with Gasteiger partial charge in [0.2, 0.25) is 0 Å². The molecule has 0 aliphatic rings. The van der Waals surface area contributed by atoms with Crippen LogP contribution in [0, 0.1) is 5.82 Å². The number of guanidine groups is 1. The Morgan fingerprint density at radius 3 is 2.60 bits per heavy atom. The second-order valence-corrected chi connectivity index (χ2v) is 7.74. The minimum Gasteiger partial charge on any atom is -0.434 e. The van der Waals surface area contributed by atoms with Gasteiger partial charge in [-0.05, 0) is 25.5 Å². The van der Waals surface area contributed by atoms with Gasteiger partial charge in [-0.3, -0.25) is 4.99 Å². The highest BCUT2D eigenvalue weighted by Gasteiger charge is 2.15. The number of nitrogens with zero attached hydrogens (tertiary/aromatic N) is 1. The first-order valence-electron chi connectivity index (χ1n) is 7.49. The van der Waals surface area contributed by atoms with Gasteiger partial charge in [0.25, 0.3) is 0 Å². The van der Waals surface area contributed by atoms with E-state index in [0.717, 1.165) is 12.3 Å². The fourth-order valence-corrected chi connectivity index (χ4v) is 2.76. The lowest BCUT2D eigenvalue weighted by Gasteiger charge is -2.18. The van der Waals surface area contributed by atoms with Gasteiger partial charge in [0.05, 0.1) is 5.75 Å². The van der Waals surface area contributed by atoms with E-state index < -0.39 is 22.3 Å². The van der Waals surface area contributed by atoms with Gasteiger partial charge in [-0.25, -0.2) is 12.8 Å². The molecule has 2 N–H and O–H groups in total. The molecule has 1 atom stereocenters. The summed E-state index contributed by atoms with van der Waals surface area (Å²) in [6.07, 6.45) is 1.51. The second-order valence-electron chi connectivity index (χ2n) is 5.48. The van der Waals surface area contributed by atoms with E-state index in [1.807, 2.05) is 0 Å². The lowest BCUT2D eigenvalue weighted by molar-refractivity contribution is -0.0506. The SMILES string of the molecule is CN=C(NCc1c(F)cccc1OC(F)F)NC(C)CCS(C)(=O)=O. The Kier molecular flexibility index (Phi) is 8.01. The summed E-state index contributed by atoms with van der Waals surface area (Å²) in [7, 11) is -1.59. The lowest BCUT2D eigenvalue weighted by Crippen LogP contribution is -2.42. The Labute approximate surface area is 145 Å². The zero-order valence-electron chi connectivity index (χ0n) is 14.2. The molecule has 0 radical (unpaired) electrons. The normalized spacial score (nSPS) is 13.6. The number of nitrogens with one attached hydrogen (secondary N) is 2. The number of aliphatic imine (C=N–C) groups is 1. The Bertz CT molecular complexity index is 697. The van der Waals surface area contributed by atoms with Crippen LogP contribution in [0.2, 0.25) is 0 Å². The first kappa shape index (κ1) is 21.1. The molecule has 0 heterocycles. The highest BCUT2D eigenvalue weighted by atomic mass is 32.2. The highest BCUT2D eigenvalue weighted by molar-refractivity contribution is 7.90. The fraction of sp³-hybridized carbons (Fsp3) is 0.533. The van der Waals surface area contributed by atoms with Crippen molar-refractivity contribution in [1.82, 2.24) is 10.6 Å². The van der Waals surface area contributed by atoms with Gasteiger partial charge in [-0.1, -0.05) is 6.07 Å². The molecule has 1 aromatic carbocycles. The monoisotopic (exact) mass is 381 g/mol. The van der Waals surface area contributed by atoms with E-state index in [-0.39, 0.29) is 35.6 Å². The van der Waals surface area contributed by atoms with Crippen molar-refractivity contribution in [2.24, 2.45) is 4.99 Å². The summed E-state index contributed by atoms with van der Waals surface area (Å²) in [5, 5.41) is 5.74. The van der Waals surface area contributed by atoms with Crippen molar-refractivity contribution >= 4 is 15.8 Å². The smallest absolute Gasteiger partial charge is 0.387 e. The van der Waals surface area contributed by atoms with Crippen molar-refractivity contribution in [3.63, 3.8) is 0 Å². The summed E-state index contributed by atoms with van der Waals surface area (Å²) in [6, 6.07) is 3.45. The first-order chi connectivity index (χ1) is 11.6. The molecule has 1 rings (SSSR count). The van der Waals surface area contributed by atoms with Crippen molar-refractivity contribution < 1.29 is 26.3 Å². The van der Waals surface area contributed by atoms with Gasteiger partial charge >= 0.3 is 6.61 Å². The van der Waals surface area contributed by atoms with Crippen LogP contribution in [0.4, 0.5) is 13.2 Å². The first-order valence-corrected chi connectivity index (χ1v) is 9.55. The predicted octanol–water partition coefficient (Wildman–Crippen LogP) is 1.92. The maximum atomic E-state index is 13.9. The van der Waals surface area contributed by atoms with Crippen LogP contribution in [-0.4, -0.2) is 46.1 Å². The van der Waals surface area contributed by atoms with Crippen LogP contribution < -0.4 is 15.4 Å². The molecule has 1 aromatic rings. The second kappa shape index (κ2) is 9.50. The third-order valence-corrected chi connectivity index (χ3v) is 4.23. The fourth-order valence-electron chi connectivity index (χ4n) is 1.98. The molecule has 10 heteroatoms. The lowest BCUT2D eigenvalue weighted by atomic mass is 10.2. The van der Waals surface area contributed by atoms with Gasteiger partial charge in [-0.15, -0.1) is 0 Å². The van der Waals surface area contributed by atoms with Crippen molar-refractivity contribution in [1.29, 1.82) is 0 Å². The van der Waals surface area contributed by atoms with Crippen molar-refractivity contribution in [2.75, 3.05) is 19.1 Å². The van der Waals surface area contributed by atoms with Crippen molar-refractivity contribution in [3.8, 4) is 5.75 Å². The van der Waals surface area contributed by atoms with E-state index in [1.54, 1.807) is 6.92 Å². The van der Waals surface area contributed by atoms with Crippen molar-refractivity contribution in [3.05, 3.63) is 29.6 Å². The number of alkyl halides is 2. The Balaban J connectivity index is 2.69. The zero-order valence-corrected chi connectivity index (χ0v) is 15.0. The van der Waals surface area contributed by atoms with Gasteiger partial charge in [0, 0.05) is 31.5 Å². The number of benzene rings is 1.